The Hall–Kier alpha value is -1.46. The number of carbonyl (C=O) groups excluding carboxylic acids is 1. The van der Waals surface area contributed by atoms with Crippen molar-refractivity contribution in [3.8, 4) is 11.5 Å². The van der Waals surface area contributed by atoms with E-state index in [0.717, 1.165) is 23.5 Å². The number of halogens is 1. The van der Waals surface area contributed by atoms with E-state index in [0.29, 0.717) is 12.0 Å². The van der Waals surface area contributed by atoms with Crippen molar-refractivity contribution in [3.05, 3.63) is 23.8 Å². The summed E-state index contributed by atoms with van der Waals surface area (Å²) in [7, 11) is 3.28. The van der Waals surface area contributed by atoms with Gasteiger partial charge in [0.05, 0.1) is 26.3 Å². The Labute approximate surface area is 156 Å². The van der Waals surface area contributed by atoms with Crippen molar-refractivity contribution in [1.82, 2.24) is 10.6 Å². The number of fused-ring (bicyclic) bond motifs is 1. The third-order valence-electron chi connectivity index (χ3n) is 5.44. The molecule has 0 bridgehead atoms. The maximum absolute atomic E-state index is 12.7. The summed E-state index contributed by atoms with van der Waals surface area (Å²) >= 11 is 0. The molecule has 1 aliphatic carbocycles. The molecule has 0 radical (unpaired) electrons. The lowest BCUT2D eigenvalue weighted by Crippen LogP contribution is -2.43. The highest BCUT2D eigenvalue weighted by Gasteiger charge is 2.38. The maximum atomic E-state index is 12.7. The molecule has 1 aromatic carbocycles. The highest BCUT2D eigenvalue weighted by molar-refractivity contribution is 5.85. The molecule has 0 aromatic heterocycles. The van der Waals surface area contributed by atoms with Gasteiger partial charge >= 0.3 is 0 Å². The fourth-order valence-electron chi connectivity index (χ4n) is 4.09. The summed E-state index contributed by atoms with van der Waals surface area (Å²) < 4.78 is 10.7. The fourth-order valence-corrected chi connectivity index (χ4v) is 4.09. The van der Waals surface area contributed by atoms with Crippen LogP contribution < -0.4 is 20.1 Å². The number of hydrogen-bond acceptors (Lipinski definition) is 4. The molecule has 4 atom stereocenters. The van der Waals surface area contributed by atoms with Crippen LogP contribution in [0.25, 0.3) is 0 Å². The Bertz CT molecular complexity index is 582. The number of benzene rings is 1. The van der Waals surface area contributed by atoms with Crippen molar-refractivity contribution < 1.29 is 14.3 Å². The highest BCUT2D eigenvalue weighted by atomic mass is 35.5. The van der Waals surface area contributed by atoms with Gasteiger partial charge in [-0.05, 0) is 50.3 Å². The molecule has 2 fully saturated rings. The first kappa shape index (κ1) is 19.9. The number of ether oxygens (including phenoxy) is 2. The average molecular weight is 369 g/mol. The second-order valence-electron chi connectivity index (χ2n) is 6.94. The molecule has 3 rings (SSSR count). The van der Waals surface area contributed by atoms with Crippen LogP contribution in [0.1, 0.15) is 50.6 Å². The average Bonchev–Trinajstić information content (AvgIpc) is 3.05. The van der Waals surface area contributed by atoms with E-state index in [1.165, 1.54) is 25.7 Å². The Kier molecular flexibility index (Phi) is 6.96. The molecule has 4 unspecified atom stereocenters. The molecule has 1 heterocycles. The molecule has 1 aromatic rings. The molecule has 6 heteroatoms. The summed E-state index contributed by atoms with van der Waals surface area (Å²) in [6.45, 7) is 1.98. The Morgan fingerprint density at radius 2 is 2.00 bits per heavy atom. The van der Waals surface area contributed by atoms with Crippen LogP contribution in [0.3, 0.4) is 0 Å². The van der Waals surface area contributed by atoms with Crippen LogP contribution in [-0.2, 0) is 4.79 Å². The summed E-state index contributed by atoms with van der Waals surface area (Å²) in [5.74, 6) is 2.27. The van der Waals surface area contributed by atoms with Gasteiger partial charge in [-0.1, -0.05) is 12.8 Å². The van der Waals surface area contributed by atoms with Crippen molar-refractivity contribution in [3.63, 3.8) is 0 Å². The molecular weight excluding hydrogens is 340 g/mol. The smallest absolute Gasteiger partial charge is 0.237 e. The largest absolute Gasteiger partial charge is 0.497 e. The first-order valence-electron chi connectivity index (χ1n) is 8.90. The van der Waals surface area contributed by atoms with Crippen molar-refractivity contribution in [2.24, 2.45) is 5.92 Å². The van der Waals surface area contributed by atoms with Crippen molar-refractivity contribution in [2.45, 2.75) is 57.2 Å². The zero-order valence-corrected chi connectivity index (χ0v) is 16.0. The van der Waals surface area contributed by atoms with Gasteiger partial charge in [0.15, 0.2) is 0 Å². The number of amides is 1. The molecule has 5 nitrogen and oxygen atoms in total. The maximum Gasteiger partial charge on any atom is 0.237 e. The van der Waals surface area contributed by atoms with Gasteiger partial charge < -0.3 is 20.1 Å². The summed E-state index contributed by atoms with van der Waals surface area (Å²) in [4.78, 5) is 12.7. The fraction of sp³-hybridized carbons (Fsp3) is 0.632. The third kappa shape index (κ3) is 4.39. The monoisotopic (exact) mass is 368 g/mol. The van der Waals surface area contributed by atoms with Gasteiger partial charge in [0.2, 0.25) is 5.91 Å². The summed E-state index contributed by atoms with van der Waals surface area (Å²) in [6, 6.07) is 5.98. The molecule has 25 heavy (non-hydrogen) atoms. The molecular formula is C19H29ClN2O3. The van der Waals surface area contributed by atoms with Gasteiger partial charge in [-0.2, -0.15) is 0 Å². The van der Waals surface area contributed by atoms with E-state index in [1.54, 1.807) is 14.2 Å². The molecule has 140 valence electrons. The quantitative estimate of drug-likeness (QED) is 0.837. The third-order valence-corrected chi connectivity index (χ3v) is 5.44. The summed E-state index contributed by atoms with van der Waals surface area (Å²) in [5, 5.41) is 6.67. The molecule has 1 saturated carbocycles. The lowest BCUT2D eigenvalue weighted by molar-refractivity contribution is -0.123. The minimum atomic E-state index is -0.132. The molecule has 2 aliphatic rings. The summed E-state index contributed by atoms with van der Waals surface area (Å²) in [6.07, 6.45) is 5.99. The first-order valence-corrected chi connectivity index (χ1v) is 8.90. The van der Waals surface area contributed by atoms with E-state index in [2.05, 4.69) is 10.6 Å². The first-order chi connectivity index (χ1) is 11.6. The Morgan fingerprint density at radius 3 is 2.68 bits per heavy atom. The van der Waals surface area contributed by atoms with E-state index >= 15 is 0 Å². The van der Waals surface area contributed by atoms with Crippen molar-refractivity contribution in [2.75, 3.05) is 14.2 Å². The number of rotatable bonds is 5. The van der Waals surface area contributed by atoms with Gasteiger partial charge in [-0.25, -0.2) is 0 Å². The molecule has 2 N–H and O–H groups in total. The van der Waals surface area contributed by atoms with Crippen LogP contribution in [0, 0.1) is 5.92 Å². The predicted molar refractivity (Wildman–Crippen MR) is 101 cm³/mol. The standard InChI is InChI=1S/C19H28N2O3.ClH/c1-12(15-11-14(23-2)8-9-18(15)24-3)20-19(22)17-10-13-6-4-5-7-16(13)21-17;/h8-9,11-13,16-17,21H,4-7,10H2,1-3H3,(H,20,22);1H. The van der Waals surface area contributed by atoms with Crippen LogP contribution in [0.2, 0.25) is 0 Å². The number of methoxy groups -OCH3 is 2. The van der Waals surface area contributed by atoms with Crippen molar-refractivity contribution in [1.29, 1.82) is 0 Å². The number of hydrogen-bond donors (Lipinski definition) is 2. The molecule has 1 amide bonds. The SMILES string of the molecule is COc1ccc(OC)c(C(C)NC(=O)C2CC3CCCCC3N2)c1.Cl. The van der Waals surface area contributed by atoms with Crippen LogP contribution in [0.5, 0.6) is 11.5 Å². The van der Waals surface area contributed by atoms with Gasteiger partial charge in [0.25, 0.3) is 0 Å². The minimum absolute atomic E-state index is 0. The number of carbonyl (C=O) groups is 1. The van der Waals surface area contributed by atoms with E-state index < -0.39 is 0 Å². The highest BCUT2D eigenvalue weighted by Crippen LogP contribution is 2.34. The van der Waals surface area contributed by atoms with Crippen LogP contribution >= 0.6 is 12.4 Å². The zero-order valence-electron chi connectivity index (χ0n) is 15.2. The molecule has 1 saturated heterocycles. The second-order valence-corrected chi connectivity index (χ2v) is 6.94. The lowest BCUT2D eigenvalue weighted by Gasteiger charge is -2.24. The predicted octanol–water partition coefficient (Wildman–Crippen LogP) is 3.22. The molecule has 1 aliphatic heterocycles. The topological polar surface area (TPSA) is 59.6 Å². The van der Waals surface area contributed by atoms with Gasteiger partial charge in [0.1, 0.15) is 11.5 Å². The normalized spacial score (nSPS) is 26.1. The minimum Gasteiger partial charge on any atom is -0.497 e. The number of nitrogens with one attached hydrogen (secondary N) is 2. The second kappa shape index (κ2) is 8.77. The van der Waals surface area contributed by atoms with E-state index in [-0.39, 0.29) is 30.4 Å². The van der Waals surface area contributed by atoms with Gasteiger partial charge in [-0.15, -0.1) is 12.4 Å². The van der Waals surface area contributed by atoms with Gasteiger partial charge in [0, 0.05) is 11.6 Å². The Morgan fingerprint density at radius 1 is 1.24 bits per heavy atom. The van der Waals surface area contributed by atoms with E-state index in [4.69, 9.17) is 9.47 Å². The summed E-state index contributed by atoms with van der Waals surface area (Å²) in [5.41, 5.74) is 0.931. The van der Waals surface area contributed by atoms with Crippen LogP contribution in [-0.4, -0.2) is 32.2 Å². The van der Waals surface area contributed by atoms with Crippen molar-refractivity contribution >= 4 is 18.3 Å². The Balaban J connectivity index is 0.00000225. The van der Waals surface area contributed by atoms with E-state index in [9.17, 15) is 4.79 Å². The molecule has 0 spiro atoms. The van der Waals surface area contributed by atoms with Gasteiger partial charge in [-0.3, -0.25) is 4.79 Å². The zero-order chi connectivity index (χ0) is 17.1. The van der Waals surface area contributed by atoms with E-state index in [1.807, 2.05) is 25.1 Å². The van der Waals surface area contributed by atoms with Crippen LogP contribution in [0.15, 0.2) is 18.2 Å². The lowest BCUT2D eigenvalue weighted by atomic mass is 9.85. The van der Waals surface area contributed by atoms with Crippen LogP contribution in [0.4, 0.5) is 0 Å².